The standard InChI is InChI=1S/C8H15N3OS/c13-8(9-7-1-2-7)10-11-3-5-12-6-4-11/h7H,1-6H2,(H2,9,10,13). The summed E-state index contributed by atoms with van der Waals surface area (Å²) in [4.78, 5) is 0. The lowest BCUT2D eigenvalue weighted by Gasteiger charge is -2.28. The third-order valence-corrected chi connectivity index (χ3v) is 2.39. The van der Waals surface area contributed by atoms with Crippen molar-refractivity contribution in [2.24, 2.45) is 0 Å². The second-order valence-corrected chi connectivity index (χ2v) is 3.87. The van der Waals surface area contributed by atoms with Crippen molar-refractivity contribution >= 4 is 17.3 Å². The molecule has 0 unspecified atom stereocenters. The fourth-order valence-electron chi connectivity index (χ4n) is 1.26. The van der Waals surface area contributed by atoms with Gasteiger partial charge >= 0.3 is 0 Å². The fraction of sp³-hybridized carbons (Fsp3) is 0.875. The molecule has 0 aromatic rings. The van der Waals surface area contributed by atoms with Gasteiger partial charge in [-0.2, -0.15) is 0 Å². The lowest BCUT2D eigenvalue weighted by atomic mass is 10.5. The van der Waals surface area contributed by atoms with E-state index in [1.165, 1.54) is 12.8 Å². The van der Waals surface area contributed by atoms with Gasteiger partial charge in [0.15, 0.2) is 5.11 Å². The Morgan fingerprint density at radius 3 is 2.62 bits per heavy atom. The van der Waals surface area contributed by atoms with E-state index >= 15 is 0 Å². The van der Waals surface area contributed by atoms with Crippen molar-refractivity contribution in [3.63, 3.8) is 0 Å². The molecule has 0 radical (unpaired) electrons. The Kier molecular flexibility index (Phi) is 2.97. The van der Waals surface area contributed by atoms with E-state index in [0.29, 0.717) is 6.04 Å². The van der Waals surface area contributed by atoms with E-state index < -0.39 is 0 Å². The molecule has 1 saturated carbocycles. The van der Waals surface area contributed by atoms with Crippen LogP contribution in [0.15, 0.2) is 0 Å². The van der Waals surface area contributed by atoms with Crippen LogP contribution in [0.2, 0.25) is 0 Å². The molecule has 1 saturated heterocycles. The molecule has 0 spiro atoms. The fourth-order valence-corrected chi connectivity index (χ4v) is 1.56. The van der Waals surface area contributed by atoms with Crippen LogP contribution in [0.5, 0.6) is 0 Å². The van der Waals surface area contributed by atoms with Gasteiger partial charge in [-0.1, -0.05) is 0 Å². The van der Waals surface area contributed by atoms with Crippen LogP contribution < -0.4 is 10.7 Å². The predicted molar refractivity (Wildman–Crippen MR) is 54.3 cm³/mol. The normalized spacial score (nSPS) is 24.0. The highest BCUT2D eigenvalue weighted by Crippen LogP contribution is 2.18. The van der Waals surface area contributed by atoms with Gasteiger partial charge in [-0.3, -0.25) is 5.43 Å². The topological polar surface area (TPSA) is 36.5 Å². The first kappa shape index (κ1) is 9.18. The van der Waals surface area contributed by atoms with E-state index in [0.717, 1.165) is 31.4 Å². The molecule has 0 bridgehead atoms. The Morgan fingerprint density at radius 2 is 2.00 bits per heavy atom. The number of thiocarbonyl (C=S) groups is 1. The van der Waals surface area contributed by atoms with Crippen LogP contribution >= 0.6 is 12.2 Å². The van der Waals surface area contributed by atoms with Crippen molar-refractivity contribution in [3.8, 4) is 0 Å². The molecular formula is C8H15N3OS. The van der Waals surface area contributed by atoms with Crippen molar-refractivity contribution in [2.75, 3.05) is 26.3 Å². The minimum absolute atomic E-state index is 0.626. The third kappa shape index (κ3) is 3.10. The van der Waals surface area contributed by atoms with E-state index in [4.69, 9.17) is 17.0 Å². The van der Waals surface area contributed by atoms with Gasteiger partial charge < -0.3 is 10.1 Å². The number of ether oxygens (including phenoxy) is 1. The Morgan fingerprint density at radius 1 is 1.31 bits per heavy atom. The van der Waals surface area contributed by atoms with E-state index in [-0.39, 0.29) is 0 Å². The number of rotatable bonds is 2. The molecule has 1 aliphatic carbocycles. The van der Waals surface area contributed by atoms with Crippen LogP contribution in [0.4, 0.5) is 0 Å². The first-order valence-corrected chi connectivity index (χ1v) is 5.15. The smallest absolute Gasteiger partial charge is 0.181 e. The summed E-state index contributed by atoms with van der Waals surface area (Å²) in [6, 6.07) is 0.626. The lowest BCUT2D eigenvalue weighted by Crippen LogP contribution is -2.51. The van der Waals surface area contributed by atoms with Crippen LogP contribution in [0.25, 0.3) is 0 Å². The summed E-state index contributed by atoms with van der Waals surface area (Å²) in [5, 5.41) is 6.09. The van der Waals surface area contributed by atoms with Gasteiger partial charge in [0.25, 0.3) is 0 Å². The number of hydrogen-bond acceptors (Lipinski definition) is 3. The molecule has 0 atom stereocenters. The highest BCUT2D eigenvalue weighted by atomic mass is 32.1. The van der Waals surface area contributed by atoms with Gasteiger partial charge in [-0.25, -0.2) is 5.01 Å². The van der Waals surface area contributed by atoms with Crippen molar-refractivity contribution < 1.29 is 4.74 Å². The summed E-state index contributed by atoms with van der Waals surface area (Å²) < 4.78 is 5.23. The summed E-state index contributed by atoms with van der Waals surface area (Å²) >= 11 is 5.15. The maximum absolute atomic E-state index is 5.23. The zero-order chi connectivity index (χ0) is 9.10. The second kappa shape index (κ2) is 4.21. The number of hydrogen-bond donors (Lipinski definition) is 2. The molecule has 2 fully saturated rings. The Balaban J connectivity index is 1.66. The van der Waals surface area contributed by atoms with Gasteiger partial charge in [-0.05, 0) is 25.1 Å². The summed E-state index contributed by atoms with van der Waals surface area (Å²) in [5.41, 5.74) is 3.16. The van der Waals surface area contributed by atoms with E-state index in [1.54, 1.807) is 0 Å². The van der Waals surface area contributed by atoms with E-state index in [2.05, 4.69) is 15.8 Å². The van der Waals surface area contributed by atoms with Crippen molar-refractivity contribution in [2.45, 2.75) is 18.9 Å². The van der Waals surface area contributed by atoms with Crippen molar-refractivity contribution in [1.82, 2.24) is 15.8 Å². The quantitative estimate of drug-likeness (QED) is 0.608. The zero-order valence-corrected chi connectivity index (χ0v) is 8.40. The monoisotopic (exact) mass is 201 g/mol. The molecule has 5 heteroatoms. The average molecular weight is 201 g/mol. The summed E-state index contributed by atoms with van der Waals surface area (Å²) in [7, 11) is 0. The third-order valence-electron chi connectivity index (χ3n) is 2.18. The number of hydrazine groups is 1. The van der Waals surface area contributed by atoms with Crippen LogP contribution in [0.1, 0.15) is 12.8 Å². The van der Waals surface area contributed by atoms with Crippen molar-refractivity contribution in [1.29, 1.82) is 0 Å². The largest absolute Gasteiger partial charge is 0.379 e. The first-order chi connectivity index (χ1) is 6.34. The van der Waals surface area contributed by atoms with Crippen molar-refractivity contribution in [3.05, 3.63) is 0 Å². The summed E-state index contributed by atoms with van der Waals surface area (Å²) in [6.07, 6.45) is 2.51. The zero-order valence-electron chi connectivity index (χ0n) is 7.58. The van der Waals surface area contributed by atoms with E-state index in [9.17, 15) is 0 Å². The molecule has 2 aliphatic rings. The maximum atomic E-state index is 5.23. The molecule has 1 heterocycles. The number of nitrogens with zero attached hydrogens (tertiary/aromatic N) is 1. The molecular weight excluding hydrogens is 186 g/mol. The molecule has 2 N–H and O–H groups in total. The molecule has 74 valence electrons. The molecule has 13 heavy (non-hydrogen) atoms. The van der Waals surface area contributed by atoms with Crippen LogP contribution in [-0.4, -0.2) is 42.5 Å². The highest BCUT2D eigenvalue weighted by molar-refractivity contribution is 7.80. The average Bonchev–Trinajstić information content (AvgIpc) is 2.90. The molecule has 2 rings (SSSR count). The molecule has 0 aromatic carbocycles. The van der Waals surface area contributed by atoms with Gasteiger partial charge in [0.2, 0.25) is 0 Å². The Hall–Kier alpha value is -0.390. The number of morpholine rings is 1. The Labute approximate surface area is 83.6 Å². The van der Waals surface area contributed by atoms with Gasteiger partial charge in [0.05, 0.1) is 13.2 Å². The minimum Gasteiger partial charge on any atom is -0.379 e. The molecule has 1 aliphatic heterocycles. The summed E-state index contributed by atoms with van der Waals surface area (Å²) in [5.74, 6) is 0. The first-order valence-electron chi connectivity index (χ1n) is 4.74. The second-order valence-electron chi connectivity index (χ2n) is 3.46. The van der Waals surface area contributed by atoms with E-state index in [1.807, 2.05) is 0 Å². The highest BCUT2D eigenvalue weighted by Gasteiger charge is 2.22. The molecule has 0 aromatic heterocycles. The maximum Gasteiger partial charge on any atom is 0.181 e. The Bertz CT molecular complexity index is 190. The molecule has 4 nitrogen and oxygen atoms in total. The number of nitrogens with one attached hydrogen (secondary N) is 2. The minimum atomic E-state index is 0.626. The molecule has 0 amide bonds. The predicted octanol–water partition coefficient (Wildman–Crippen LogP) is -0.140. The lowest BCUT2D eigenvalue weighted by molar-refractivity contribution is 0.0247. The van der Waals surface area contributed by atoms with Crippen LogP contribution in [0.3, 0.4) is 0 Å². The van der Waals surface area contributed by atoms with Crippen LogP contribution in [0, 0.1) is 0 Å². The van der Waals surface area contributed by atoms with Gasteiger partial charge in [-0.15, -0.1) is 0 Å². The SMILES string of the molecule is S=C(NC1CC1)NN1CCOCC1. The summed E-state index contributed by atoms with van der Waals surface area (Å²) in [6.45, 7) is 3.40. The van der Waals surface area contributed by atoms with Gasteiger partial charge in [0.1, 0.15) is 0 Å². The van der Waals surface area contributed by atoms with Gasteiger partial charge in [0, 0.05) is 19.1 Å². The van der Waals surface area contributed by atoms with Crippen LogP contribution in [-0.2, 0) is 4.74 Å².